The van der Waals surface area contributed by atoms with Crippen LogP contribution in [0.25, 0.3) is 5.69 Å². The molecular formula is C11H9ClN2O2. The van der Waals surface area contributed by atoms with Crippen LogP contribution >= 0.6 is 11.6 Å². The number of aliphatic carboxylic acids is 1. The summed E-state index contributed by atoms with van der Waals surface area (Å²) in [6.07, 6.45) is 3.40. The van der Waals surface area contributed by atoms with Crippen molar-refractivity contribution in [3.8, 4) is 5.69 Å². The van der Waals surface area contributed by atoms with Crippen LogP contribution in [0.1, 0.15) is 5.56 Å². The summed E-state index contributed by atoms with van der Waals surface area (Å²) >= 11 is 6.05. The minimum atomic E-state index is -0.872. The number of hydrogen-bond acceptors (Lipinski definition) is 2. The molecule has 0 unspecified atom stereocenters. The zero-order valence-electron chi connectivity index (χ0n) is 8.30. The first-order chi connectivity index (χ1) is 7.66. The molecule has 1 N–H and O–H groups in total. The largest absolute Gasteiger partial charge is 0.481 e. The highest BCUT2D eigenvalue weighted by atomic mass is 35.5. The van der Waals surface area contributed by atoms with E-state index in [-0.39, 0.29) is 6.42 Å². The molecule has 1 aromatic carbocycles. The molecule has 0 atom stereocenters. The van der Waals surface area contributed by atoms with E-state index in [2.05, 4.69) is 5.10 Å². The van der Waals surface area contributed by atoms with Crippen LogP contribution in [-0.4, -0.2) is 20.9 Å². The summed E-state index contributed by atoms with van der Waals surface area (Å²) in [5.74, 6) is -0.872. The molecule has 0 aliphatic rings. The van der Waals surface area contributed by atoms with Crippen molar-refractivity contribution < 1.29 is 9.90 Å². The summed E-state index contributed by atoms with van der Waals surface area (Å²) in [6.45, 7) is 0. The molecule has 2 rings (SSSR count). The molecule has 5 heteroatoms. The highest BCUT2D eigenvalue weighted by molar-refractivity contribution is 6.32. The first-order valence-electron chi connectivity index (χ1n) is 4.67. The average molecular weight is 237 g/mol. The van der Waals surface area contributed by atoms with Gasteiger partial charge in [0, 0.05) is 12.4 Å². The Morgan fingerprint density at radius 2 is 2.31 bits per heavy atom. The van der Waals surface area contributed by atoms with Crippen LogP contribution in [0, 0.1) is 0 Å². The van der Waals surface area contributed by atoms with Gasteiger partial charge in [-0.05, 0) is 23.8 Å². The topological polar surface area (TPSA) is 55.1 Å². The van der Waals surface area contributed by atoms with E-state index in [4.69, 9.17) is 16.7 Å². The van der Waals surface area contributed by atoms with E-state index in [1.165, 1.54) is 0 Å². The highest BCUT2D eigenvalue weighted by Gasteiger charge is 2.06. The lowest BCUT2D eigenvalue weighted by Gasteiger charge is -2.05. The van der Waals surface area contributed by atoms with E-state index in [1.54, 1.807) is 41.3 Å². The molecule has 0 saturated carbocycles. The second-order valence-corrected chi connectivity index (χ2v) is 3.71. The summed E-state index contributed by atoms with van der Waals surface area (Å²) in [5, 5.41) is 13.2. The number of aromatic nitrogens is 2. The van der Waals surface area contributed by atoms with E-state index in [0.717, 1.165) is 5.69 Å². The normalized spacial score (nSPS) is 10.3. The molecule has 0 bridgehead atoms. The minimum Gasteiger partial charge on any atom is -0.481 e. The van der Waals surface area contributed by atoms with Crippen LogP contribution in [-0.2, 0) is 11.2 Å². The molecule has 2 aromatic rings. The number of halogens is 1. The fourth-order valence-corrected chi connectivity index (χ4v) is 1.72. The highest BCUT2D eigenvalue weighted by Crippen LogP contribution is 2.21. The third-order valence-corrected chi connectivity index (χ3v) is 2.42. The van der Waals surface area contributed by atoms with E-state index in [9.17, 15) is 4.79 Å². The number of carboxylic acid groups (broad SMARTS) is 1. The van der Waals surface area contributed by atoms with Gasteiger partial charge >= 0.3 is 5.97 Å². The molecule has 0 aliphatic carbocycles. The number of rotatable bonds is 3. The van der Waals surface area contributed by atoms with E-state index in [1.807, 2.05) is 0 Å². The Kier molecular flexibility index (Phi) is 2.92. The monoisotopic (exact) mass is 236 g/mol. The summed E-state index contributed by atoms with van der Waals surface area (Å²) in [4.78, 5) is 10.5. The lowest BCUT2D eigenvalue weighted by atomic mass is 10.1. The third kappa shape index (κ3) is 2.23. The van der Waals surface area contributed by atoms with Crippen LogP contribution in [0.3, 0.4) is 0 Å². The van der Waals surface area contributed by atoms with Crippen molar-refractivity contribution in [3.05, 3.63) is 47.2 Å². The molecule has 0 saturated heterocycles. The molecule has 4 nitrogen and oxygen atoms in total. The predicted molar refractivity (Wildman–Crippen MR) is 59.9 cm³/mol. The Morgan fingerprint density at radius 1 is 1.50 bits per heavy atom. The molecule has 0 amide bonds. The Balaban J connectivity index is 2.34. The summed E-state index contributed by atoms with van der Waals surface area (Å²) in [5.41, 5.74) is 1.41. The van der Waals surface area contributed by atoms with Crippen LogP contribution in [0.4, 0.5) is 0 Å². The van der Waals surface area contributed by atoms with Crippen LogP contribution in [0.2, 0.25) is 5.02 Å². The molecular weight excluding hydrogens is 228 g/mol. The second kappa shape index (κ2) is 4.37. The van der Waals surface area contributed by atoms with Crippen molar-refractivity contribution in [2.24, 2.45) is 0 Å². The standard InChI is InChI=1S/C11H9ClN2O2/c12-9-6-8(7-11(15)16)2-3-10(9)14-5-1-4-13-14/h1-6H,7H2,(H,15,16). The Bertz CT molecular complexity index is 509. The molecule has 0 radical (unpaired) electrons. The molecule has 0 fully saturated rings. The molecule has 1 aromatic heterocycles. The SMILES string of the molecule is O=C(O)Cc1ccc(-n2cccn2)c(Cl)c1. The number of carbonyl (C=O) groups is 1. The zero-order valence-corrected chi connectivity index (χ0v) is 9.05. The van der Waals surface area contributed by atoms with Gasteiger partial charge < -0.3 is 5.11 Å². The fraction of sp³-hybridized carbons (Fsp3) is 0.0909. The lowest BCUT2D eigenvalue weighted by molar-refractivity contribution is -0.136. The smallest absolute Gasteiger partial charge is 0.307 e. The second-order valence-electron chi connectivity index (χ2n) is 3.31. The van der Waals surface area contributed by atoms with Gasteiger partial charge in [-0.3, -0.25) is 4.79 Å². The molecule has 82 valence electrons. The van der Waals surface area contributed by atoms with Crippen LogP contribution in [0.15, 0.2) is 36.7 Å². The number of hydrogen-bond donors (Lipinski definition) is 1. The summed E-state index contributed by atoms with van der Waals surface area (Å²) in [7, 11) is 0. The van der Waals surface area contributed by atoms with E-state index >= 15 is 0 Å². The molecule has 0 aliphatic heterocycles. The Morgan fingerprint density at radius 3 is 2.88 bits per heavy atom. The maximum atomic E-state index is 10.5. The number of benzene rings is 1. The average Bonchev–Trinajstić information content (AvgIpc) is 2.69. The molecule has 0 spiro atoms. The van der Waals surface area contributed by atoms with E-state index < -0.39 is 5.97 Å². The third-order valence-electron chi connectivity index (χ3n) is 2.12. The van der Waals surface area contributed by atoms with Crippen molar-refractivity contribution in [1.82, 2.24) is 9.78 Å². The maximum absolute atomic E-state index is 10.5. The molecule has 16 heavy (non-hydrogen) atoms. The first kappa shape index (κ1) is 10.7. The van der Waals surface area contributed by atoms with Crippen LogP contribution < -0.4 is 0 Å². The Hall–Kier alpha value is -1.81. The minimum absolute atomic E-state index is 0.0287. The van der Waals surface area contributed by atoms with Crippen molar-refractivity contribution >= 4 is 17.6 Å². The lowest BCUT2D eigenvalue weighted by Crippen LogP contribution is -2.01. The quantitative estimate of drug-likeness (QED) is 0.889. The van der Waals surface area contributed by atoms with Gasteiger partial charge in [0.15, 0.2) is 0 Å². The van der Waals surface area contributed by atoms with Crippen molar-refractivity contribution in [2.75, 3.05) is 0 Å². The predicted octanol–water partition coefficient (Wildman–Crippen LogP) is 2.15. The van der Waals surface area contributed by atoms with Gasteiger partial charge in [-0.1, -0.05) is 17.7 Å². The van der Waals surface area contributed by atoms with Gasteiger partial charge in [-0.2, -0.15) is 5.10 Å². The van der Waals surface area contributed by atoms with Crippen LogP contribution in [0.5, 0.6) is 0 Å². The first-order valence-corrected chi connectivity index (χ1v) is 5.05. The summed E-state index contributed by atoms with van der Waals surface area (Å²) < 4.78 is 1.63. The van der Waals surface area contributed by atoms with Gasteiger partial charge in [-0.25, -0.2) is 4.68 Å². The Labute approximate surface area is 97.1 Å². The van der Waals surface area contributed by atoms with E-state index in [0.29, 0.717) is 10.6 Å². The fourth-order valence-electron chi connectivity index (χ4n) is 1.43. The number of carboxylic acids is 1. The van der Waals surface area contributed by atoms with Gasteiger partial charge in [0.2, 0.25) is 0 Å². The van der Waals surface area contributed by atoms with Gasteiger partial charge in [0.1, 0.15) is 0 Å². The van der Waals surface area contributed by atoms with Gasteiger partial charge in [0.25, 0.3) is 0 Å². The number of nitrogens with zero attached hydrogens (tertiary/aromatic N) is 2. The van der Waals surface area contributed by atoms with Crippen molar-refractivity contribution in [1.29, 1.82) is 0 Å². The van der Waals surface area contributed by atoms with Crippen molar-refractivity contribution in [3.63, 3.8) is 0 Å². The van der Waals surface area contributed by atoms with Gasteiger partial charge in [0.05, 0.1) is 17.1 Å². The maximum Gasteiger partial charge on any atom is 0.307 e. The van der Waals surface area contributed by atoms with Gasteiger partial charge in [-0.15, -0.1) is 0 Å². The zero-order chi connectivity index (χ0) is 11.5. The molecule has 1 heterocycles. The van der Waals surface area contributed by atoms with Crippen molar-refractivity contribution in [2.45, 2.75) is 6.42 Å². The summed E-state index contributed by atoms with van der Waals surface area (Å²) in [6, 6.07) is 6.93.